The summed E-state index contributed by atoms with van der Waals surface area (Å²) < 4.78 is 53.9. The van der Waals surface area contributed by atoms with E-state index in [1.54, 1.807) is 6.08 Å². The number of hydrogen-bond donors (Lipinski definition) is 0. The summed E-state index contributed by atoms with van der Waals surface area (Å²) in [4.78, 5) is 11.4. The van der Waals surface area contributed by atoms with Gasteiger partial charge in [-0.05, 0) is 38.2 Å². The molecule has 3 aliphatic carbocycles. The number of carbonyl (C=O) groups excluding carboxylic acids is 1. The van der Waals surface area contributed by atoms with Crippen molar-refractivity contribution in [3.05, 3.63) is 34.9 Å². The molecule has 0 amide bonds. The van der Waals surface area contributed by atoms with Gasteiger partial charge < -0.3 is 14.0 Å². The van der Waals surface area contributed by atoms with E-state index in [4.69, 9.17) is 9.26 Å². The quantitative estimate of drug-likeness (QED) is 0.707. The van der Waals surface area contributed by atoms with Crippen molar-refractivity contribution < 1.29 is 32.0 Å². The first kappa shape index (κ1) is 18.3. The Morgan fingerprint density at radius 2 is 1.96 bits per heavy atom. The minimum Gasteiger partial charge on any atom is -0.405 e. The molecule has 1 aromatic heterocycles. The molecule has 0 aliphatic heterocycles. The molecule has 3 aliphatic rings. The summed E-state index contributed by atoms with van der Waals surface area (Å²) >= 11 is 0. The van der Waals surface area contributed by atoms with Crippen LogP contribution in [0.3, 0.4) is 0 Å². The fraction of sp³-hybridized carbons (Fsp3) is 0.579. The molecule has 27 heavy (non-hydrogen) atoms. The van der Waals surface area contributed by atoms with E-state index in [1.165, 1.54) is 6.08 Å². The lowest BCUT2D eigenvalue weighted by molar-refractivity contribution is -0.302. The molecule has 2 fully saturated rings. The molecule has 5 nitrogen and oxygen atoms in total. The number of ether oxygens (including phenoxy) is 2. The van der Waals surface area contributed by atoms with Crippen molar-refractivity contribution in [2.75, 3.05) is 0 Å². The maximum absolute atomic E-state index is 12.8. The largest absolute Gasteiger partial charge is 0.573 e. The van der Waals surface area contributed by atoms with E-state index in [1.807, 2.05) is 0 Å². The Labute approximate surface area is 154 Å². The highest BCUT2D eigenvalue weighted by Crippen LogP contribution is 2.45. The van der Waals surface area contributed by atoms with Gasteiger partial charge in [0.05, 0.1) is 12.7 Å². The Morgan fingerprint density at radius 1 is 1.19 bits per heavy atom. The summed E-state index contributed by atoms with van der Waals surface area (Å²) in [6.07, 6.45) is 2.74. The van der Waals surface area contributed by atoms with E-state index >= 15 is 0 Å². The molecule has 2 saturated carbocycles. The van der Waals surface area contributed by atoms with E-state index in [-0.39, 0.29) is 35.7 Å². The molecule has 0 saturated heterocycles. The number of aromatic nitrogens is 1. The minimum atomic E-state index is -4.77. The molecule has 1 aromatic rings. The maximum atomic E-state index is 12.8. The summed E-state index contributed by atoms with van der Waals surface area (Å²) in [5.41, 5.74) is 1.30. The van der Waals surface area contributed by atoms with Gasteiger partial charge in [-0.2, -0.15) is 0 Å². The molecule has 146 valence electrons. The SMILES string of the molecule is O=C1CCC(OCc2c(C3=CCCC=C3OC(F)(F)F)noc2C2CC2)C1. The number of hydrogen-bond acceptors (Lipinski definition) is 5. The molecule has 1 atom stereocenters. The van der Waals surface area contributed by atoms with Gasteiger partial charge in [0, 0.05) is 29.9 Å². The number of carbonyl (C=O) groups is 1. The highest BCUT2D eigenvalue weighted by Gasteiger charge is 2.37. The second-order valence-corrected chi connectivity index (χ2v) is 7.17. The van der Waals surface area contributed by atoms with E-state index in [9.17, 15) is 18.0 Å². The predicted octanol–water partition coefficient (Wildman–Crippen LogP) is 4.79. The predicted molar refractivity (Wildman–Crippen MR) is 88.3 cm³/mol. The molecule has 1 unspecified atom stereocenters. The van der Waals surface area contributed by atoms with Crippen molar-refractivity contribution in [1.29, 1.82) is 0 Å². The van der Waals surface area contributed by atoms with Crippen LogP contribution in [0.4, 0.5) is 13.2 Å². The van der Waals surface area contributed by atoms with Crippen molar-refractivity contribution in [3.63, 3.8) is 0 Å². The van der Waals surface area contributed by atoms with Crippen molar-refractivity contribution >= 4 is 11.4 Å². The second-order valence-electron chi connectivity index (χ2n) is 7.17. The van der Waals surface area contributed by atoms with Crippen molar-refractivity contribution in [3.8, 4) is 0 Å². The number of allylic oxidation sites excluding steroid dienone is 3. The van der Waals surface area contributed by atoms with E-state index in [0.29, 0.717) is 49.1 Å². The monoisotopic (exact) mass is 383 g/mol. The number of rotatable bonds is 6. The van der Waals surface area contributed by atoms with Crippen LogP contribution in [0.5, 0.6) is 0 Å². The lowest BCUT2D eigenvalue weighted by Gasteiger charge is -2.18. The zero-order valence-corrected chi connectivity index (χ0v) is 14.7. The Bertz CT molecular complexity index is 789. The normalized spacial score (nSPS) is 23.4. The third-order valence-corrected chi connectivity index (χ3v) is 5.02. The van der Waals surface area contributed by atoms with Gasteiger partial charge >= 0.3 is 6.36 Å². The van der Waals surface area contributed by atoms with Gasteiger partial charge in [0.2, 0.25) is 0 Å². The molecule has 0 N–H and O–H groups in total. The van der Waals surface area contributed by atoms with Crippen LogP contribution in [0.15, 0.2) is 22.4 Å². The molecule has 4 rings (SSSR count). The Morgan fingerprint density at radius 3 is 2.63 bits per heavy atom. The van der Waals surface area contributed by atoms with Crippen molar-refractivity contribution in [1.82, 2.24) is 5.16 Å². The van der Waals surface area contributed by atoms with E-state index in [0.717, 1.165) is 12.8 Å². The van der Waals surface area contributed by atoms with Gasteiger partial charge in [-0.25, -0.2) is 0 Å². The summed E-state index contributed by atoms with van der Waals surface area (Å²) in [6, 6.07) is 0. The van der Waals surface area contributed by atoms with Crippen LogP contribution in [0, 0.1) is 0 Å². The third kappa shape index (κ3) is 4.26. The van der Waals surface area contributed by atoms with Gasteiger partial charge in [0.15, 0.2) is 0 Å². The van der Waals surface area contributed by atoms with Crippen molar-refractivity contribution in [2.24, 2.45) is 0 Å². The fourth-order valence-corrected chi connectivity index (χ4v) is 3.55. The summed E-state index contributed by atoms with van der Waals surface area (Å²) in [6.45, 7) is 0.166. The lowest BCUT2D eigenvalue weighted by Crippen LogP contribution is -2.16. The number of ketones is 1. The minimum absolute atomic E-state index is 0.158. The van der Waals surface area contributed by atoms with Gasteiger partial charge in [-0.3, -0.25) is 4.79 Å². The molecule has 0 aromatic carbocycles. The molecular formula is C19H20F3NO4. The van der Waals surface area contributed by atoms with Crippen LogP contribution in [-0.4, -0.2) is 23.4 Å². The zero-order valence-electron chi connectivity index (χ0n) is 14.7. The van der Waals surface area contributed by atoms with Crippen LogP contribution < -0.4 is 0 Å². The lowest BCUT2D eigenvalue weighted by atomic mass is 9.98. The molecule has 0 bridgehead atoms. The topological polar surface area (TPSA) is 61.6 Å². The second kappa shape index (κ2) is 7.14. The molecule has 0 spiro atoms. The first-order valence-corrected chi connectivity index (χ1v) is 9.19. The summed E-state index contributed by atoms with van der Waals surface area (Å²) in [5, 5.41) is 4.06. The van der Waals surface area contributed by atoms with Gasteiger partial charge in [-0.1, -0.05) is 11.2 Å². The first-order valence-electron chi connectivity index (χ1n) is 9.19. The van der Waals surface area contributed by atoms with Gasteiger partial charge in [-0.15, -0.1) is 13.2 Å². The maximum Gasteiger partial charge on any atom is 0.573 e. The van der Waals surface area contributed by atoms with Gasteiger partial charge in [0.1, 0.15) is 23.0 Å². The highest BCUT2D eigenvalue weighted by molar-refractivity contribution is 5.81. The average Bonchev–Trinajstić information content (AvgIpc) is 3.23. The molecular weight excluding hydrogens is 363 g/mol. The number of Topliss-reactive ketones (excluding diaryl/α,β-unsaturated/α-hetero) is 1. The van der Waals surface area contributed by atoms with Crippen molar-refractivity contribution in [2.45, 2.75) is 69.9 Å². The zero-order chi connectivity index (χ0) is 19.0. The Hall–Kier alpha value is -2.09. The Kier molecular flexibility index (Phi) is 4.84. The van der Waals surface area contributed by atoms with Crippen LogP contribution in [0.2, 0.25) is 0 Å². The van der Waals surface area contributed by atoms with E-state index < -0.39 is 6.36 Å². The summed E-state index contributed by atoms with van der Waals surface area (Å²) in [7, 11) is 0. The summed E-state index contributed by atoms with van der Waals surface area (Å²) in [5.74, 6) is 0.829. The standard InChI is InChI=1S/C19H20F3NO4/c20-19(21,22)26-16-4-2-1-3-14(16)17-15(18(27-23-17)11-5-6-11)10-25-13-8-7-12(24)9-13/h3-4,11,13H,1-2,5-10H2. The number of alkyl halides is 3. The smallest absolute Gasteiger partial charge is 0.405 e. The van der Waals surface area contributed by atoms with Crippen LogP contribution >= 0.6 is 0 Å². The van der Waals surface area contributed by atoms with Crippen LogP contribution in [-0.2, 0) is 20.9 Å². The van der Waals surface area contributed by atoms with Crippen LogP contribution in [0.1, 0.15) is 67.9 Å². The number of halogens is 3. The van der Waals surface area contributed by atoms with E-state index in [2.05, 4.69) is 9.89 Å². The molecule has 8 heteroatoms. The average molecular weight is 383 g/mol. The number of nitrogens with zero attached hydrogens (tertiary/aromatic N) is 1. The fourth-order valence-electron chi connectivity index (χ4n) is 3.55. The highest BCUT2D eigenvalue weighted by atomic mass is 19.4. The van der Waals surface area contributed by atoms with Crippen LogP contribution in [0.25, 0.3) is 5.57 Å². The van der Waals surface area contributed by atoms with Gasteiger partial charge in [0.25, 0.3) is 0 Å². The third-order valence-electron chi connectivity index (χ3n) is 5.02. The molecule has 0 radical (unpaired) electrons. The Balaban J connectivity index is 1.59. The first-order chi connectivity index (χ1) is 12.9. The molecule has 1 heterocycles.